The average molecular weight is 307 g/mol. The van der Waals surface area contributed by atoms with E-state index in [-0.39, 0.29) is 17.2 Å². The van der Waals surface area contributed by atoms with Crippen LogP contribution in [0.5, 0.6) is 0 Å². The van der Waals surface area contributed by atoms with Gasteiger partial charge in [0.1, 0.15) is 5.82 Å². The van der Waals surface area contributed by atoms with Gasteiger partial charge < -0.3 is 10.2 Å². The maximum Gasteiger partial charge on any atom is 0.246 e. The lowest BCUT2D eigenvalue weighted by molar-refractivity contribution is -0.127. The van der Waals surface area contributed by atoms with Crippen molar-refractivity contribution in [1.29, 1.82) is 0 Å². The van der Waals surface area contributed by atoms with Crippen molar-refractivity contribution < 1.29 is 4.79 Å². The van der Waals surface area contributed by atoms with Gasteiger partial charge in [-0.2, -0.15) is 15.1 Å². The summed E-state index contributed by atoms with van der Waals surface area (Å²) in [5.74, 6) is 0.590. The smallest absolute Gasteiger partial charge is 0.246 e. The van der Waals surface area contributed by atoms with Gasteiger partial charge in [-0.1, -0.05) is 6.58 Å². The third kappa shape index (κ3) is 2.82. The van der Waals surface area contributed by atoms with Gasteiger partial charge in [0.25, 0.3) is 0 Å². The van der Waals surface area contributed by atoms with Gasteiger partial charge in [-0.25, -0.2) is 0 Å². The first-order valence-corrected chi connectivity index (χ1v) is 7.09. The van der Waals surface area contributed by atoms with E-state index in [1.807, 2.05) is 0 Å². The molecule has 7 nitrogen and oxygen atoms in total. The van der Waals surface area contributed by atoms with E-state index >= 15 is 0 Å². The van der Waals surface area contributed by atoms with Crippen molar-refractivity contribution >= 4 is 34.4 Å². The first-order chi connectivity index (χ1) is 10.2. The number of carbonyl (C=O) groups is 1. The van der Waals surface area contributed by atoms with E-state index in [0.717, 1.165) is 24.8 Å². The van der Waals surface area contributed by atoms with Crippen molar-refractivity contribution in [3.05, 3.63) is 24.1 Å². The van der Waals surface area contributed by atoms with E-state index in [1.54, 1.807) is 11.1 Å². The van der Waals surface area contributed by atoms with Gasteiger partial charge in [0.2, 0.25) is 11.2 Å². The molecule has 0 saturated carbocycles. The fourth-order valence-corrected chi connectivity index (χ4v) is 2.70. The Kier molecular flexibility index (Phi) is 3.74. The Hall–Kier alpha value is -2.15. The van der Waals surface area contributed by atoms with Gasteiger partial charge in [0, 0.05) is 19.1 Å². The fourth-order valence-electron chi connectivity index (χ4n) is 2.54. The number of aromatic nitrogens is 4. The highest BCUT2D eigenvalue weighted by Gasteiger charge is 2.23. The second kappa shape index (κ2) is 5.69. The van der Waals surface area contributed by atoms with Crippen LogP contribution in [0, 0.1) is 0 Å². The normalized spacial score (nSPS) is 18.7. The number of aromatic amines is 1. The molecule has 2 aromatic rings. The van der Waals surface area contributed by atoms with E-state index in [4.69, 9.17) is 11.6 Å². The van der Waals surface area contributed by atoms with E-state index in [2.05, 4.69) is 32.1 Å². The predicted octanol–water partition coefficient (Wildman–Crippen LogP) is 1.60. The highest BCUT2D eigenvalue weighted by molar-refractivity contribution is 6.28. The van der Waals surface area contributed by atoms with Crippen molar-refractivity contribution in [2.75, 3.05) is 18.4 Å². The number of carbonyl (C=O) groups excluding carboxylic acids is 1. The molecular weight excluding hydrogens is 292 g/mol. The molecule has 0 bridgehead atoms. The summed E-state index contributed by atoms with van der Waals surface area (Å²) < 4.78 is 0. The minimum atomic E-state index is -0.0457. The summed E-state index contributed by atoms with van der Waals surface area (Å²) in [5, 5.41) is 11.0. The summed E-state index contributed by atoms with van der Waals surface area (Å²) >= 11 is 5.91. The predicted molar refractivity (Wildman–Crippen MR) is 80.1 cm³/mol. The van der Waals surface area contributed by atoms with Gasteiger partial charge in [-0.3, -0.25) is 9.89 Å². The number of rotatable bonds is 3. The lowest BCUT2D eigenvalue weighted by atomic mass is 10.1. The summed E-state index contributed by atoms with van der Waals surface area (Å²) in [6, 6.07) is 0.117. The largest absolute Gasteiger partial charge is 0.365 e. The van der Waals surface area contributed by atoms with Gasteiger partial charge in [-0.05, 0) is 30.5 Å². The molecule has 110 valence electrons. The Labute approximate surface area is 126 Å². The average Bonchev–Trinajstić information content (AvgIpc) is 2.95. The minimum Gasteiger partial charge on any atom is -0.365 e. The monoisotopic (exact) mass is 306 g/mol. The number of hydrogen-bond acceptors (Lipinski definition) is 5. The third-order valence-electron chi connectivity index (χ3n) is 3.53. The molecule has 1 aliphatic heterocycles. The van der Waals surface area contributed by atoms with E-state index in [0.29, 0.717) is 18.0 Å². The molecule has 1 atom stereocenters. The van der Waals surface area contributed by atoms with Crippen LogP contribution in [0.1, 0.15) is 12.8 Å². The number of H-pyrrole nitrogens is 1. The topological polar surface area (TPSA) is 86.8 Å². The van der Waals surface area contributed by atoms with Crippen molar-refractivity contribution in [2.24, 2.45) is 0 Å². The molecule has 0 spiro atoms. The SMILES string of the molecule is C=CC(=O)N1CCC[C@@H](Nc2nc(Cl)nc3[nH]ncc23)C1. The third-order valence-corrected chi connectivity index (χ3v) is 3.70. The molecule has 1 amide bonds. The lowest BCUT2D eigenvalue weighted by Gasteiger charge is -2.32. The van der Waals surface area contributed by atoms with Crippen LogP contribution in [0.3, 0.4) is 0 Å². The zero-order valence-corrected chi connectivity index (χ0v) is 12.1. The van der Waals surface area contributed by atoms with Crippen LogP contribution in [0.4, 0.5) is 5.82 Å². The van der Waals surface area contributed by atoms with Gasteiger partial charge in [0.05, 0.1) is 11.6 Å². The molecule has 3 rings (SSSR count). The maximum absolute atomic E-state index is 11.7. The number of halogens is 1. The lowest BCUT2D eigenvalue weighted by Crippen LogP contribution is -2.44. The van der Waals surface area contributed by atoms with E-state index in [1.165, 1.54) is 6.08 Å². The molecule has 1 fully saturated rings. The first-order valence-electron chi connectivity index (χ1n) is 6.72. The highest BCUT2D eigenvalue weighted by Crippen LogP contribution is 2.22. The molecule has 1 aliphatic rings. The van der Waals surface area contributed by atoms with Crippen molar-refractivity contribution in [2.45, 2.75) is 18.9 Å². The zero-order chi connectivity index (χ0) is 14.8. The highest BCUT2D eigenvalue weighted by atomic mass is 35.5. The van der Waals surface area contributed by atoms with E-state index in [9.17, 15) is 4.79 Å². The Morgan fingerprint density at radius 1 is 1.57 bits per heavy atom. The number of fused-ring (bicyclic) bond motifs is 1. The fraction of sp³-hybridized carbons (Fsp3) is 0.385. The second-order valence-corrected chi connectivity index (χ2v) is 5.28. The first kappa shape index (κ1) is 13.8. The minimum absolute atomic E-state index is 0.0457. The number of hydrogen-bond donors (Lipinski definition) is 2. The number of nitrogens with one attached hydrogen (secondary N) is 2. The Bertz CT molecular complexity index is 684. The van der Waals surface area contributed by atoms with Crippen LogP contribution in [0.25, 0.3) is 11.0 Å². The molecule has 3 heterocycles. The second-order valence-electron chi connectivity index (χ2n) is 4.95. The molecule has 0 aliphatic carbocycles. The van der Waals surface area contributed by atoms with Crippen LogP contribution in [0.15, 0.2) is 18.9 Å². The van der Waals surface area contributed by atoms with Crippen LogP contribution in [0.2, 0.25) is 5.28 Å². The van der Waals surface area contributed by atoms with Crippen molar-refractivity contribution in [1.82, 2.24) is 25.1 Å². The summed E-state index contributed by atoms with van der Waals surface area (Å²) in [5.41, 5.74) is 0.590. The molecule has 1 saturated heterocycles. The number of amides is 1. The zero-order valence-electron chi connectivity index (χ0n) is 11.3. The number of piperidine rings is 1. The number of anilines is 1. The molecule has 2 N–H and O–H groups in total. The molecular formula is C13H15ClN6O. The van der Waals surface area contributed by atoms with Crippen molar-refractivity contribution in [3.8, 4) is 0 Å². The van der Waals surface area contributed by atoms with Gasteiger partial charge >= 0.3 is 0 Å². The molecule has 8 heteroatoms. The standard InChI is InChI=1S/C13H15ClN6O/c1-2-10(21)20-5-3-4-8(7-20)16-11-9-6-15-19-12(9)18-13(14)17-11/h2,6,8H,1,3-5,7H2,(H2,15,16,17,18,19)/t8-/m1/s1. The summed E-state index contributed by atoms with van der Waals surface area (Å²) in [6.07, 6.45) is 4.90. The van der Waals surface area contributed by atoms with Gasteiger partial charge in [0.15, 0.2) is 5.65 Å². The van der Waals surface area contributed by atoms with Crippen LogP contribution < -0.4 is 5.32 Å². The van der Waals surface area contributed by atoms with Crippen LogP contribution >= 0.6 is 11.6 Å². The summed E-state index contributed by atoms with van der Waals surface area (Å²) in [4.78, 5) is 21.8. The van der Waals surface area contributed by atoms with Crippen LogP contribution in [-0.4, -0.2) is 50.1 Å². The van der Waals surface area contributed by atoms with Crippen LogP contribution in [-0.2, 0) is 4.79 Å². The molecule has 0 radical (unpaired) electrons. The maximum atomic E-state index is 11.7. The number of nitrogens with zero attached hydrogens (tertiary/aromatic N) is 4. The molecule has 0 aromatic carbocycles. The van der Waals surface area contributed by atoms with E-state index < -0.39 is 0 Å². The Morgan fingerprint density at radius 3 is 3.24 bits per heavy atom. The molecule has 0 unspecified atom stereocenters. The summed E-state index contributed by atoms with van der Waals surface area (Å²) in [7, 11) is 0. The quantitative estimate of drug-likeness (QED) is 0.664. The Balaban J connectivity index is 1.80. The molecule has 2 aromatic heterocycles. The van der Waals surface area contributed by atoms with Crippen molar-refractivity contribution in [3.63, 3.8) is 0 Å². The molecule has 21 heavy (non-hydrogen) atoms. The van der Waals surface area contributed by atoms with Gasteiger partial charge in [-0.15, -0.1) is 0 Å². The Morgan fingerprint density at radius 2 is 2.43 bits per heavy atom. The number of likely N-dealkylation sites (tertiary alicyclic amines) is 1. The summed E-state index contributed by atoms with van der Waals surface area (Å²) in [6.45, 7) is 4.90.